The summed E-state index contributed by atoms with van der Waals surface area (Å²) in [4.78, 5) is 38.7. The van der Waals surface area contributed by atoms with Gasteiger partial charge in [0.05, 0.1) is 12.1 Å². The van der Waals surface area contributed by atoms with Crippen LogP contribution in [0.2, 0.25) is 0 Å². The minimum absolute atomic E-state index is 0.105. The van der Waals surface area contributed by atoms with Crippen molar-refractivity contribution in [2.24, 2.45) is 0 Å². The van der Waals surface area contributed by atoms with Crippen LogP contribution in [0.1, 0.15) is 31.9 Å². The molecule has 2 aromatic carbocycles. The van der Waals surface area contributed by atoms with E-state index in [-0.39, 0.29) is 16.5 Å². The molecule has 176 valence electrons. The van der Waals surface area contributed by atoms with Crippen LogP contribution >= 0.6 is 11.3 Å². The molecule has 0 bridgehead atoms. The number of hydrogen-bond acceptors (Lipinski definition) is 6. The molecule has 10 heteroatoms. The minimum atomic E-state index is -4.07. The lowest BCUT2D eigenvalue weighted by molar-refractivity contribution is -0.122. The van der Waals surface area contributed by atoms with E-state index in [9.17, 15) is 22.8 Å². The van der Waals surface area contributed by atoms with E-state index < -0.39 is 33.9 Å². The van der Waals surface area contributed by atoms with E-state index in [1.165, 1.54) is 13.0 Å². The van der Waals surface area contributed by atoms with Gasteiger partial charge in [0.2, 0.25) is 11.8 Å². The number of hydrogen-bond donors (Lipinski definition) is 1. The van der Waals surface area contributed by atoms with Gasteiger partial charge in [-0.2, -0.15) is 4.31 Å². The van der Waals surface area contributed by atoms with Crippen molar-refractivity contribution in [3.63, 3.8) is 0 Å². The molecule has 4 rings (SSSR count). The van der Waals surface area contributed by atoms with Crippen molar-refractivity contribution in [3.05, 3.63) is 77.7 Å². The predicted octanol–water partition coefficient (Wildman–Crippen LogP) is 3.79. The van der Waals surface area contributed by atoms with Gasteiger partial charge in [-0.25, -0.2) is 13.3 Å². The first-order valence-corrected chi connectivity index (χ1v) is 12.9. The van der Waals surface area contributed by atoms with Crippen molar-refractivity contribution in [3.8, 4) is 0 Å². The third-order valence-corrected chi connectivity index (χ3v) is 8.92. The van der Waals surface area contributed by atoms with Crippen LogP contribution in [-0.2, 0) is 24.4 Å². The molecule has 3 aromatic rings. The van der Waals surface area contributed by atoms with E-state index in [4.69, 9.17) is 0 Å². The number of sulfonamides is 1. The highest BCUT2D eigenvalue weighted by Gasteiger charge is 2.49. The standard InChI is InChI=1S/C24H23N3O5S2/c1-16(18-7-4-3-5-8-18)27(34(31,32)23-9-6-14-33-23)21-15-22(29)26(24(21)30)20-12-10-19(11-13-20)25-17(2)28/h3-14,16,21H,15H2,1-2H3,(H,25,28). The normalized spacial score (nSPS) is 17.3. The molecule has 0 saturated carbocycles. The maximum Gasteiger partial charge on any atom is 0.253 e. The van der Waals surface area contributed by atoms with Crippen molar-refractivity contribution in [1.29, 1.82) is 0 Å². The van der Waals surface area contributed by atoms with E-state index in [1.807, 2.05) is 6.07 Å². The molecule has 3 amide bonds. The number of nitrogens with one attached hydrogen (secondary N) is 1. The van der Waals surface area contributed by atoms with Crippen LogP contribution < -0.4 is 10.2 Å². The van der Waals surface area contributed by atoms with Gasteiger partial charge in [-0.1, -0.05) is 36.4 Å². The number of carbonyl (C=O) groups is 3. The lowest BCUT2D eigenvalue weighted by Gasteiger charge is -2.32. The highest BCUT2D eigenvalue weighted by Crippen LogP contribution is 2.36. The number of amides is 3. The van der Waals surface area contributed by atoms with Crippen molar-refractivity contribution in [1.82, 2.24) is 4.31 Å². The fraction of sp³-hybridized carbons (Fsp3) is 0.208. The molecule has 0 aliphatic carbocycles. The summed E-state index contributed by atoms with van der Waals surface area (Å²) in [5.74, 6) is -1.35. The van der Waals surface area contributed by atoms with Crippen LogP contribution in [0.3, 0.4) is 0 Å². The Morgan fingerprint density at radius 3 is 2.32 bits per heavy atom. The molecule has 0 radical (unpaired) electrons. The fourth-order valence-electron chi connectivity index (χ4n) is 4.02. The number of benzene rings is 2. The third kappa shape index (κ3) is 4.52. The summed E-state index contributed by atoms with van der Waals surface area (Å²) in [6.07, 6.45) is -0.270. The summed E-state index contributed by atoms with van der Waals surface area (Å²) in [5, 5.41) is 4.28. The van der Waals surface area contributed by atoms with Crippen LogP contribution in [-0.4, -0.2) is 36.5 Å². The molecule has 1 N–H and O–H groups in total. The second-order valence-corrected chi connectivity index (χ2v) is 10.9. The van der Waals surface area contributed by atoms with E-state index in [2.05, 4.69) is 5.32 Å². The number of nitrogens with zero attached hydrogens (tertiary/aromatic N) is 2. The molecule has 1 aromatic heterocycles. The molecule has 8 nitrogen and oxygen atoms in total. The molecule has 2 atom stereocenters. The van der Waals surface area contributed by atoms with Crippen molar-refractivity contribution in [2.75, 3.05) is 10.2 Å². The largest absolute Gasteiger partial charge is 0.326 e. The maximum absolute atomic E-state index is 13.7. The zero-order valence-corrected chi connectivity index (χ0v) is 20.2. The van der Waals surface area contributed by atoms with E-state index >= 15 is 0 Å². The van der Waals surface area contributed by atoms with Crippen LogP contribution in [0.4, 0.5) is 11.4 Å². The van der Waals surface area contributed by atoms with Crippen LogP contribution in [0.25, 0.3) is 0 Å². The Labute approximate surface area is 201 Å². The Kier molecular flexibility index (Phi) is 6.65. The fourth-order valence-corrected chi connectivity index (χ4v) is 6.88. The molecule has 1 saturated heterocycles. The average molecular weight is 498 g/mol. The molecule has 34 heavy (non-hydrogen) atoms. The molecule has 1 aliphatic heterocycles. The van der Waals surface area contributed by atoms with Gasteiger partial charge in [-0.3, -0.25) is 14.4 Å². The third-order valence-electron chi connectivity index (χ3n) is 5.57. The van der Waals surface area contributed by atoms with E-state index in [1.54, 1.807) is 66.9 Å². The van der Waals surface area contributed by atoms with Gasteiger partial charge in [0.1, 0.15) is 10.3 Å². The molecule has 0 spiro atoms. The molecule has 2 heterocycles. The molecular weight excluding hydrogens is 474 g/mol. The summed E-state index contributed by atoms with van der Waals surface area (Å²) in [6.45, 7) is 3.09. The van der Waals surface area contributed by atoms with Crippen molar-refractivity contribution >= 4 is 50.5 Å². The zero-order chi connectivity index (χ0) is 24.5. The Balaban J connectivity index is 1.72. The van der Waals surface area contributed by atoms with Crippen molar-refractivity contribution in [2.45, 2.75) is 36.6 Å². The minimum Gasteiger partial charge on any atom is -0.326 e. The highest BCUT2D eigenvalue weighted by molar-refractivity contribution is 7.91. The number of thiophene rings is 1. The maximum atomic E-state index is 13.7. The van der Waals surface area contributed by atoms with E-state index in [0.717, 1.165) is 20.5 Å². The molecule has 1 fully saturated rings. The molecule has 2 unspecified atom stereocenters. The first-order chi connectivity index (χ1) is 16.2. The Hall–Kier alpha value is -3.34. The average Bonchev–Trinajstić information content (AvgIpc) is 3.44. The van der Waals surface area contributed by atoms with Gasteiger partial charge < -0.3 is 5.32 Å². The second kappa shape index (κ2) is 9.49. The van der Waals surface area contributed by atoms with Gasteiger partial charge in [0.15, 0.2) is 0 Å². The van der Waals surface area contributed by atoms with Gasteiger partial charge in [-0.05, 0) is 48.2 Å². The summed E-state index contributed by atoms with van der Waals surface area (Å²) >= 11 is 1.06. The zero-order valence-electron chi connectivity index (χ0n) is 18.5. The molecule has 1 aliphatic rings. The summed E-state index contributed by atoms with van der Waals surface area (Å²) in [7, 11) is -4.07. The number of rotatable bonds is 7. The first-order valence-electron chi connectivity index (χ1n) is 10.6. The Bertz CT molecular complexity index is 1310. The van der Waals surface area contributed by atoms with Crippen LogP contribution in [0, 0.1) is 0 Å². The number of carbonyl (C=O) groups excluding carboxylic acids is 3. The Morgan fingerprint density at radius 1 is 1.06 bits per heavy atom. The van der Waals surface area contributed by atoms with Gasteiger partial charge in [-0.15, -0.1) is 11.3 Å². The first kappa shape index (κ1) is 23.8. The van der Waals surface area contributed by atoms with Gasteiger partial charge >= 0.3 is 0 Å². The summed E-state index contributed by atoms with van der Waals surface area (Å²) in [5.41, 5.74) is 1.54. The smallest absolute Gasteiger partial charge is 0.253 e. The van der Waals surface area contributed by atoms with Crippen molar-refractivity contribution < 1.29 is 22.8 Å². The summed E-state index contributed by atoms with van der Waals surface area (Å²) < 4.78 is 28.6. The molecular formula is C24H23N3O5S2. The Morgan fingerprint density at radius 2 is 1.74 bits per heavy atom. The van der Waals surface area contributed by atoms with Gasteiger partial charge in [0.25, 0.3) is 15.9 Å². The van der Waals surface area contributed by atoms with Crippen LogP contribution in [0.5, 0.6) is 0 Å². The van der Waals surface area contributed by atoms with Gasteiger partial charge in [0, 0.05) is 18.7 Å². The monoisotopic (exact) mass is 497 g/mol. The quantitative estimate of drug-likeness (QED) is 0.500. The lowest BCUT2D eigenvalue weighted by Crippen LogP contribution is -2.46. The predicted molar refractivity (Wildman–Crippen MR) is 130 cm³/mol. The second-order valence-electron chi connectivity index (χ2n) is 7.87. The highest BCUT2D eigenvalue weighted by atomic mass is 32.2. The van der Waals surface area contributed by atoms with E-state index in [0.29, 0.717) is 16.9 Å². The topological polar surface area (TPSA) is 104 Å². The van der Waals surface area contributed by atoms with Crippen LogP contribution in [0.15, 0.2) is 76.3 Å². The number of imide groups is 1. The lowest BCUT2D eigenvalue weighted by atomic mass is 10.1. The number of anilines is 2. The SMILES string of the molecule is CC(=O)Nc1ccc(N2C(=O)CC(N(C(C)c3ccccc3)S(=O)(=O)c3cccs3)C2=O)cc1. The summed E-state index contributed by atoms with van der Waals surface area (Å²) in [6, 6.07) is 16.5.